The zero-order valence-electron chi connectivity index (χ0n) is 16.0. The molecule has 0 aliphatic rings. The van der Waals surface area contributed by atoms with E-state index in [-0.39, 0.29) is 18.5 Å². The molecule has 2 N–H and O–H groups in total. The molecule has 0 spiro atoms. The highest BCUT2D eigenvalue weighted by Gasteiger charge is 2.10. The molecule has 9 heteroatoms. The molecule has 0 aliphatic carbocycles. The molecule has 2 amide bonds. The van der Waals surface area contributed by atoms with Crippen LogP contribution in [0.2, 0.25) is 0 Å². The van der Waals surface area contributed by atoms with Gasteiger partial charge >= 0.3 is 6.03 Å². The molecule has 0 saturated heterocycles. The van der Waals surface area contributed by atoms with Gasteiger partial charge in [0.1, 0.15) is 12.4 Å². The molecule has 0 bridgehead atoms. The van der Waals surface area contributed by atoms with Crippen molar-refractivity contribution in [3.05, 3.63) is 78.1 Å². The molecular formula is C21H19FN6O2. The van der Waals surface area contributed by atoms with Gasteiger partial charge in [-0.25, -0.2) is 9.18 Å². The summed E-state index contributed by atoms with van der Waals surface area (Å²) in [7, 11) is 0. The Morgan fingerprint density at radius 2 is 1.77 bits per heavy atom. The monoisotopic (exact) mass is 406 g/mol. The van der Waals surface area contributed by atoms with Crippen LogP contribution in [0.1, 0.15) is 5.56 Å². The highest BCUT2D eigenvalue weighted by atomic mass is 19.1. The Morgan fingerprint density at radius 1 is 0.967 bits per heavy atom. The van der Waals surface area contributed by atoms with Gasteiger partial charge in [0.05, 0.1) is 6.54 Å². The van der Waals surface area contributed by atoms with Crippen LogP contribution in [0.3, 0.4) is 0 Å². The van der Waals surface area contributed by atoms with E-state index in [2.05, 4.69) is 25.9 Å². The fraction of sp³-hybridized carbons (Fsp3) is 0.143. The third-order valence-electron chi connectivity index (χ3n) is 4.27. The summed E-state index contributed by atoms with van der Waals surface area (Å²) in [5, 5.41) is 18.0. The molecule has 0 aliphatic heterocycles. The van der Waals surface area contributed by atoms with Gasteiger partial charge in [0.25, 0.3) is 0 Å². The van der Waals surface area contributed by atoms with Crippen LogP contribution in [-0.2, 0) is 6.54 Å². The average molecular weight is 406 g/mol. The van der Waals surface area contributed by atoms with Crippen LogP contribution in [0.25, 0.3) is 17.0 Å². The number of fused-ring (bicyclic) bond motifs is 1. The largest absolute Gasteiger partial charge is 0.475 e. The summed E-state index contributed by atoms with van der Waals surface area (Å²) in [6, 6.07) is 18.7. The molecule has 0 atom stereocenters. The summed E-state index contributed by atoms with van der Waals surface area (Å²) >= 11 is 0. The molecule has 4 aromatic rings. The summed E-state index contributed by atoms with van der Waals surface area (Å²) in [6.07, 6.45) is 0. The van der Waals surface area contributed by atoms with E-state index in [9.17, 15) is 9.18 Å². The molecule has 2 aromatic heterocycles. The second-order valence-electron chi connectivity index (χ2n) is 6.42. The van der Waals surface area contributed by atoms with Crippen molar-refractivity contribution in [2.24, 2.45) is 0 Å². The van der Waals surface area contributed by atoms with Crippen molar-refractivity contribution in [3.63, 3.8) is 0 Å². The minimum absolute atomic E-state index is 0.241. The van der Waals surface area contributed by atoms with E-state index >= 15 is 0 Å². The van der Waals surface area contributed by atoms with Crippen LogP contribution in [0.5, 0.6) is 5.88 Å². The van der Waals surface area contributed by atoms with Crippen molar-refractivity contribution in [2.45, 2.75) is 6.54 Å². The topological polar surface area (TPSA) is 93.4 Å². The predicted octanol–water partition coefficient (Wildman–Crippen LogP) is 2.81. The second-order valence-corrected chi connectivity index (χ2v) is 6.42. The van der Waals surface area contributed by atoms with Gasteiger partial charge in [-0.05, 0) is 35.9 Å². The van der Waals surface area contributed by atoms with Gasteiger partial charge in [-0.3, -0.25) is 0 Å². The van der Waals surface area contributed by atoms with E-state index in [1.165, 1.54) is 16.6 Å². The standard InChI is InChI=1S/C21H19FN6O2/c22-17-8-6-16(7-9-17)20-26-25-18-10-11-19(27-28(18)20)30-13-12-23-21(29)24-14-15-4-2-1-3-5-15/h1-11H,12-14H2,(H2,23,24,29). The molecule has 30 heavy (non-hydrogen) atoms. The number of amides is 2. The van der Waals surface area contributed by atoms with Gasteiger partial charge in [-0.15, -0.1) is 15.3 Å². The Morgan fingerprint density at radius 3 is 2.57 bits per heavy atom. The van der Waals surface area contributed by atoms with Crippen LogP contribution in [0, 0.1) is 5.82 Å². The Hall–Kier alpha value is -4.01. The molecule has 0 radical (unpaired) electrons. The van der Waals surface area contributed by atoms with E-state index in [0.717, 1.165) is 5.56 Å². The van der Waals surface area contributed by atoms with E-state index < -0.39 is 0 Å². The number of benzene rings is 2. The van der Waals surface area contributed by atoms with E-state index in [1.807, 2.05) is 30.3 Å². The number of halogens is 1. The Bertz CT molecular complexity index is 1130. The van der Waals surface area contributed by atoms with Gasteiger partial charge in [0.2, 0.25) is 5.88 Å². The van der Waals surface area contributed by atoms with Crippen molar-refractivity contribution in [2.75, 3.05) is 13.2 Å². The second kappa shape index (κ2) is 8.99. The maximum atomic E-state index is 13.2. The fourth-order valence-electron chi connectivity index (χ4n) is 2.79. The van der Waals surface area contributed by atoms with Gasteiger partial charge in [0.15, 0.2) is 11.5 Å². The molecule has 8 nitrogen and oxygen atoms in total. The summed E-state index contributed by atoms with van der Waals surface area (Å²) in [4.78, 5) is 11.9. The first kappa shape index (κ1) is 19.3. The van der Waals surface area contributed by atoms with Crippen molar-refractivity contribution < 1.29 is 13.9 Å². The average Bonchev–Trinajstić information content (AvgIpc) is 3.20. The lowest BCUT2D eigenvalue weighted by molar-refractivity contribution is 0.235. The number of carbonyl (C=O) groups is 1. The predicted molar refractivity (Wildman–Crippen MR) is 108 cm³/mol. The Labute approximate surface area is 171 Å². The van der Waals surface area contributed by atoms with Crippen molar-refractivity contribution in [3.8, 4) is 17.3 Å². The Kier molecular flexibility index (Phi) is 5.79. The summed E-state index contributed by atoms with van der Waals surface area (Å²) < 4.78 is 20.3. The van der Waals surface area contributed by atoms with Crippen LogP contribution >= 0.6 is 0 Å². The van der Waals surface area contributed by atoms with Gasteiger partial charge in [-0.2, -0.15) is 4.52 Å². The zero-order valence-corrected chi connectivity index (χ0v) is 16.0. The fourth-order valence-corrected chi connectivity index (χ4v) is 2.79. The molecule has 152 valence electrons. The highest BCUT2D eigenvalue weighted by molar-refractivity contribution is 5.73. The Balaban J connectivity index is 1.30. The number of hydrogen-bond acceptors (Lipinski definition) is 5. The number of hydrogen-bond donors (Lipinski definition) is 2. The smallest absolute Gasteiger partial charge is 0.315 e. The molecular weight excluding hydrogens is 387 g/mol. The third-order valence-corrected chi connectivity index (χ3v) is 4.27. The van der Waals surface area contributed by atoms with E-state index in [1.54, 1.807) is 24.3 Å². The summed E-state index contributed by atoms with van der Waals surface area (Å²) in [5.74, 6) is 0.510. The number of nitrogens with one attached hydrogen (secondary N) is 2. The van der Waals surface area contributed by atoms with Crippen molar-refractivity contribution in [1.82, 2.24) is 30.4 Å². The highest BCUT2D eigenvalue weighted by Crippen LogP contribution is 2.19. The minimum Gasteiger partial charge on any atom is -0.475 e. The minimum atomic E-state index is -0.329. The molecule has 0 unspecified atom stereocenters. The molecule has 2 aromatic carbocycles. The first-order valence-electron chi connectivity index (χ1n) is 9.36. The lowest BCUT2D eigenvalue weighted by Gasteiger charge is -2.09. The molecule has 0 fully saturated rings. The molecule has 2 heterocycles. The lowest BCUT2D eigenvalue weighted by atomic mass is 10.2. The lowest BCUT2D eigenvalue weighted by Crippen LogP contribution is -2.37. The van der Waals surface area contributed by atoms with Crippen molar-refractivity contribution in [1.29, 1.82) is 0 Å². The maximum Gasteiger partial charge on any atom is 0.315 e. The van der Waals surface area contributed by atoms with Gasteiger partial charge in [-0.1, -0.05) is 30.3 Å². The first-order chi connectivity index (χ1) is 14.7. The van der Waals surface area contributed by atoms with Crippen molar-refractivity contribution >= 4 is 11.7 Å². The number of rotatable bonds is 7. The van der Waals surface area contributed by atoms with E-state index in [0.29, 0.717) is 36.0 Å². The number of carbonyl (C=O) groups excluding carboxylic acids is 1. The van der Waals surface area contributed by atoms with Crippen LogP contribution in [-0.4, -0.2) is 39.0 Å². The summed E-state index contributed by atoms with van der Waals surface area (Å²) in [6.45, 7) is 1.00. The number of nitrogens with zero attached hydrogens (tertiary/aromatic N) is 4. The van der Waals surface area contributed by atoms with Crippen LogP contribution < -0.4 is 15.4 Å². The maximum absolute atomic E-state index is 13.2. The SMILES string of the molecule is O=C(NCCOc1ccc2nnc(-c3ccc(F)cc3)n2n1)NCc1ccccc1. The van der Waals surface area contributed by atoms with Crippen LogP contribution in [0.15, 0.2) is 66.7 Å². The van der Waals surface area contributed by atoms with Gasteiger partial charge < -0.3 is 15.4 Å². The number of aromatic nitrogens is 4. The number of ether oxygens (including phenoxy) is 1. The molecule has 0 saturated carbocycles. The number of urea groups is 1. The van der Waals surface area contributed by atoms with E-state index in [4.69, 9.17) is 4.74 Å². The van der Waals surface area contributed by atoms with Gasteiger partial charge in [0, 0.05) is 18.2 Å². The summed E-state index contributed by atoms with van der Waals surface area (Å²) in [5.41, 5.74) is 2.25. The third kappa shape index (κ3) is 4.69. The quantitative estimate of drug-likeness (QED) is 0.461. The molecule has 4 rings (SSSR count). The van der Waals surface area contributed by atoms with Crippen LogP contribution in [0.4, 0.5) is 9.18 Å². The zero-order chi connectivity index (χ0) is 20.8. The first-order valence-corrected chi connectivity index (χ1v) is 9.36. The normalized spacial score (nSPS) is 10.7.